The number of thioether (sulfide) groups is 1. The SMILES string of the molecule is CSCCC(NC(=O)NCC(C(C)C)C(C)C)C(=O)O. The molecule has 0 aromatic rings. The van der Waals surface area contributed by atoms with Crippen molar-refractivity contribution in [3.8, 4) is 0 Å². The zero-order valence-corrected chi connectivity index (χ0v) is 13.9. The minimum absolute atomic E-state index is 0.384. The Hall–Kier alpha value is -0.910. The number of amides is 2. The number of hydrogen-bond donors (Lipinski definition) is 3. The number of aliphatic carboxylic acids is 1. The largest absolute Gasteiger partial charge is 0.480 e. The Kier molecular flexibility index (Phi) is 9.46. The van der Waals surface area contributed by atoms with E-state index in [-0.39, 0.29) is 0 Å². The third-order valence-electron chi connectivity index (χ3n) is 3.43. The van der Waals surface area contributed by atoms with Crippen LogP contribution >= 0.6 is 11.8 Å². The molecule has 0 fully saturated rings. The fourth-order valence-electron chi connectivity index (χ4n) is 2.15. The number of carboxylic acid groups (broad SMARTS) is 1. The Morgan fingerprint density at radius 2 is 1.70 bits per heavy atom. The van der Waals surface area contributed by atoms with Gasteiger partial charge in [-0.3, -0.25) is 0 Å². The monoisotopic (exact) mass is 304 g/mol. The second-order valence-corrected chi connectivity index (χ2v) is 6.66. The van der Waals surface area contributed by atoms with E-state index in [4.69, 9.17) is 5.11 Å². The smallest absolute Gasteiger partial charge is 0.326 e. The van der Waals surface area contributed by atoms with Crippen molar-refractivity contribution in [1.82, 2.24) is 10.6 Å². The van der Waals surface area contributed by atoms with Gasteiger partial charge in [0.05, 0.1) is 0 Å². The third kappa shape index (κ3) is 7.62. The lowest BCUT2D eigenvalue weighted by molar-refractivity contribution is -0.139. The van der Waals surface area contributed by atoms with Crippen molar-refractivity contribution in [2.24, 2.45) is 17.8 Å². The van der Waals surface area contributed by atoms with Crippen LogP contribution in [0.5, 0.6) is 0 Å². The lowest BCUT2D eigenvalue weighted by Crippen LogP contribution is -2.48. The maximum Gasteiger partial charge on any atom is 0.326 e. The number of hydrogen-bond acceptors (Lipinski definition) is 3. The molecule has 0 saturated carbocycles. The summed E-state index contributed by atoms with van der Waals surface area (Å²) in [6, 6.07) is -1.22. The van der Waals surface area contributed by atoms with Crippen molar-refractivity contribution in [3.05, 3.63) is 0 Å². The summed E-state index contributed by atoms with van der Waals surface area (Å²) in [5, 5.41) is 14.4. The average Bonchev–Trinajstić information content (AvgIpc) is 2.33. The Balaban J connectivity index is 4.28. The van der Waals surface area contributed by atoms with E-state index in [1.165, 1.54) is 0 Å². The van der Waals surface area contributed by atoms with Gasteiger partial charge in [-0.15, -0.1) is 0 Å². The maximum atomic E-state index is 11.8. The molecule has 0 rings (SSSR count). The molecule has 0 aliphatic heterocycles. The van der Waals surface area contributed by atoms with Crippen LogP contribution in [0.25, 0.3) is 0 Å². The van der Waals surface area contributed by atoms with E-state index in [0.29, 0.717) is 36.5 Å². The van der Waals surface area contributed by atoms with E-state index in [9.17, 15) is 9.59 Å². The molecule has 1 unspecified atom stereocenters. The molecule has 0 bridgehead atoms. The Labute approximate surface area is 126 Å². The molecule has 0 aromatic carbocycles. The fourth-order valence-corrected chi connectivity index (χ4v) is 2.63. The summed E-state index contributed by atoms with van der Waals surface area (Å²) >= 11 is 1.57. The van der Waals surface area contributed by atoms with Crippen molar-refractivity contribution >= 4 is 23.8 Å². The van der Waals surface area contributed by atoms with Crippen LogP contribution in [0.15, 0.2) is 0 Å². The zero-order valence-electron chi connectivity index (χ0n) is 13.1. The molecule has 1 atom stereocenters. The molecule has 3 N–H and O–H groups in total. The summed E-state index contributed by atoms with van der Waals surface area (Å²) in [7, 11) is 0. The van der Waals surface area contributed by atoms with Crippen LogP contribution < -0.4 is 10.6 Å². The molecule has 2 amide bonds. The van der Waals surface area contributed by atoms with Crippen molar-refractivity contribution in [2.75, 3.05) is 18.6 Å². The standard InChI is InChI=1S/C14H28N2O3S/c1-9(2)11(10(3)4)8-15-14(19)16-12(13(17)18)6-7-20-5/h9-12H,6-8H2,1-5H3,(H,17,18)(H2,15,16,19). The van der Waals surface area contributed by atoms with Crippen LogP contribution in [0.4, 0.5) is 4.79 Å². The van der Waals surface area contributed by atoms with Crippen LogP contribution in [0.3, 0.4) is 0 Å². The predicted molar refractivity (Wildman–Crippen MR) is 84.1 cm³/mol. The van der Waals surface area contributed by atoms with Gasteiger partial charge in [0.15, 0.2) is 0 Å². The van der Waals surface area contributed by atoms with Gasteiger partial charge in [-0.25, -0.2) is 9.59 Å². The topological polar surface area (TPSA) is 78.4 Å². The minimum Gasteiger partial charge on any atom is -0.480 e. The molecule has 0 saturated heterocycles. The van der Waals surface area contributed by atoms with E-state index < -0.39 is 18.0 Å². The molecule has 5 nitrogen and oxygen atoms in total. The Morgan fingerprint density at radius 3 is 2.10 bits per heavy atom. The molecule has 0 aromatic heterocycles. The summed E-state index contributed by atoms with van der Waals surface area (Å²) in [5.41, 5.74) is 0. The third-order valence-corrected chi connectivity index (χ3v) is 4.07. The van der Waals surface area contributed by atoms with Gasteiger partial charge < -0.3 is 15.7 Å². The molecule has 0 aliphatic rings. The van der Waals surface area contributed by atoms with Crippen molar-refractivity contribution < 1.29 is 14.7 Å². The molecule has 0 heterocycles. The summed E-state index contributed by atoms with van der Waals surface area (Å²) in [6.45, 7) is 9.08. The second kappa shape index (κ2) is 9.91. The van der Waals surface area contributed by atoms with E-state index in [1.54, 1.807) is 11.8 Å². The summed E-state index contributed by atoms with van der Waals surface area (Å²) in [4.78, 5) is 22.8. The zero-order chi connectivity index (χ0) is 15.7. The first kappa shape index (κ1) is 19.1. The molecule has 6 heteroatoms. The van der Waals surface area contributed by atoms with Gasteiger partial charge in [0.2, 0.25) is 0 Å². The highest BCUT2D eigenvalue weighted by Gasteiger charge is 2.21. The van der Waals surface area contributed by atoms with Crippen LogP contribution in [-0.2, 0) is 4.79 Å². The highest BCUT2D eigenvalue weighted by atomic mass is 32.2. The Bertz CT molecular complexity index is 301. The maximum absolute atomic E-state index is 11.8. The molecular weight excluding hydrogens is 276 g/mol. The van der Waals surface area contributed by atoms with Gasteiger partial charge in [0.1, 0.15) is 6.04 Å². The van der Waals surface area contributed by atoms with E-state index >= 15 is 0 Å². The van der Waals surface area contributed by atoms with Crippen LogP contribution in [0, 0.1) is 17.8 Å². The number of urea groups is 1. The molecule has 0 aliphatic carbocycles. The normalized spacial score (nSPS) is 12.8. The Morgan fingerprint density at radius 1 is 1.15 bits per heavy atom. The first-order valence-electron chi connectivity index (χ1n) is 7.05. The lowest BCUT2D eigenvalue weighted by Gasteiger charge is -2.25. The van der Waals surface area contributed by atoms with Gasteiger partial charge in [-0.05, 0) is 36.2 Å². The minimum atomic E-state index is -0.988. The highest BCUT2D eigenvalue weighted by Crippen LogP contribution is 2.19. The molecular formula is C14H28N2O3S. The number of carbonyl (C=O) groups excluding carboxylic acids is 1. The molecule has 0 radical (unpaired) electrons. The quantitative estimate of drug-likeness (QED) is 0.611. The molecule has 118 valence electrons. The van der Waals surface area contributed by atoms with Gasteiger partial charge >= 0.3 is 12.0 Å². The summed E-state index contributed by atoms with van der Waals surface area (Å²) in [6.07, 6.45) is 2.34. The van der Waals surface area contributed by atoms with E-state index in [0.717, 1.165) is 0 Å². The first-order valence-corrected chi connectivity index (χ1v) is 8.45. The van der Waals surface area contributed by atoms with Gasteiger partial charge in [-0.2, -0.15) is 11.8 Å². The number of carboxylic acids is 1. The number of carbonyl (C=O) groups is 2. The fraction of sp³-hybridized carbons (Fsp3) is 0.857. The average molecular weight is 304 g/mol. The van der Waals surface area contributed by atoms with Crippen molar-refractivity contribution in [1.29, 1.82) is 0 Å². The summed E-state index contributed by atoms with van der Waals surface area (Å²) < 4.78 is 0. The van der Waals surface area contributed by atoms with Gasteiger partial charge in [0, 0.05) is 6.54 Å². The summed E-state index contributed by atoms with van der Waals surface area (Å²) in [5.74, 6) is 1.05. The van der Waals surface area contributed by atoms with Crippen molar-refractivity contribution in [2.45, 2.75) is 40.2 Å². The molecule has 0 spiro atoms. The number of nitrogens with one attached hydrogen (secondary N) is 2. The first-order chi connectivity index (χ1) is 9.29. The van der Waals surface area contributed by atoms with Gasteiger partial charge in [-0.1, -0.05) is 27.7 Å². The van der Waals surface area contributed by atoms with E-state index in [2.05, 4.69) is 38.3 Å². The predicted octanol–water partition coefficient (Wildman–Crippen LogP) is 2.42. The van der Waals surface area contributed by atoms with Crippen molar-refractivity contribution in [3.63, 3.8) is 0 Å². The lowest BCUT2D eigenvalue weighted by atomic mass is 9.85. The molecule has 20 heavy (non-hydrogen) atoms. The second-order valence-electron chi connectivity index (χ2n) is 5.68. The highest BCUT2D eigenvalue weighted by molar-refractivity contribution is 7.98. The van der Waals surface area contributed by atoms with Crippen LogP contribution in [0.2, 0.25) is 0 Å². The van der Waals surface area contributed by atoms with E-state index in [1.807, 2.05) is 6.26 Å². The van der Waals surface area contributed by atoms with Gasteiger partial charge in [0.25, 0.3) is 0 Å². The number of rotatable bonds is 9. The van der Waals surface area contributed by atoms with Crippen LogP contribution in [0.1, 0.15) is 34.1 Å². The van der Waals surface area contributed by atoms with Crippen LogP contribution in [-0.4, -0.2) is 41.7 Å².